The Morgan fingerprint density at radius 2 is 1.91 bits per heavy atom. The summed E-state index contributed by atoms with van der Waals surface area (Å²) >= 11 is 3.11. The number of aryl methyl sites for hydroxylation is 2. The molecule has 8 heteroatoms. The van der Waals surface area contributed by atoms with Crippen molar-refractivity contribution in [2.75, 3.05) is 13.1 Å². The van der Waals surface area contributed by atoms with E-state index >= 15 is 0 Å². The Balaban J connectivity index is 1.90. The number of carbonyl (C=O) groups is 1. The Labute approximate surface area is 143 Å². The molecule has 0 unspecified atom stereocenters. The predicted molar refractivity (Wildman–Crippen MR) is 89.8 cm³/mol. The fraction of sp³-hybridized carbons (Fsp3) is 0.267. The molecule has 0 aliphatic carbocycles. The van der Waals surface area contributed by atoms with Crippen molar-refractivity contribution in [1.82, 2.24) is 10.0 Å². The maximum absolute atomic E-state index is 12.3. The van der Waals surface area contributed by atoms with Gasteiger partial charge in [0.15, 0.2) is 10.4 Å². The van der Waals surface area contributed by atoms with Crippen molar-refractivity contribution in [2.24, 2.45) is 0 Å². The maximum Gasteiger partial charge on any atom is 0.287 e. The second-order valence-electron chi connectivity index (χ2n) is 5.03. The Kier molecular flexibility index (Phi) is 5.61. The van der Waals surface area contributed by atoms with Gasteiger partial charge >= 0.3 is 0 Å². The van der Waals surface area contributed by atoms with E-state index in [4.69, 9.17) is 4.42 Å². The van der Waals surface area contributed by atoms with Crippen LogP contribution in [0.25, 0.3) is 0 Å². The van der Waals surface area contributed by atoms with Gasteiger partial charge in [0.2, 0.25) is 10.0 Å². The average Bonchev–Trinajstić information content (AvgIpc) is 2.92. The van der Waals surface area contributed by atoms with Gasteiger partial charge in [-0.2, -0.15) is 0 Å². The molecule has 2 N–H and O–H groups in total. The molecule has 1 amide bonds. The van der Waals surface area contributed by atoms with Gasteiger partial charge in [-0.05, 0) is 59.1 Å². The van der Waals surface area contributed by atoms with Crippen LogP contribution >= 0.6 is 15.9 Å². The first-order valence-corrected chi connectivity index (χ1v) is 9.17. The van der Waals surface area contributed by atoms with E-state index in [0.29, 0.717) is 10.2 Å². The lowest BCUT2D eigenvalue weighted by molar-refractivity contribution is 0.0925. The van der Waals surface area contributed by atoms with Gasteiger partial charge in [-0.25, -0.2) is 13.1 Å². The molecule has 0 aliphatic heterocycles. The van der Waals surface area contributed by atoms with Gasteiger partial charge in [0, 0.05) is 13.1 Å². The Morgan fingerprint density at radius 1 is 1.17 bits per heavy atom. The summed E-state index contributed by atoms with van der Waals surface area (Å²) in [6.07, 6.45) is 0. The quantitative estimate of drug-likeness (QED) is 0.728. The van der Waals surface area contributed by atoms with Gasteiger partial charge < -0.3 is 9.73 Å². The van der Waals surface area contributed by atoms with Gasteiger partial charge in [0.1, 0.15) is 0 Å². The molecule has 0 atom stereocenters. The van der Waals surface area contributed by atoms with Gasteiger partial charge in [0.05, 0.1) is 4.90 Å². The molecule has 124 valence electrons. The fourth-order valence-corrected chi connectivity index (χ4v) is 3.63. The number of hydrogen-bond acceptors (Lipinski definition) is 4. The van der Waals surface area contributed by atoms with E-state index in [2.05, 4.69) is 26.0 Å². The molecule has 1 aromatic carbocycles. The number of halogens is 1. The van der Waals surface area contributed by atoms with Crippen LogP contribution in [0.1, 0.15) is 21.7 Å². The first-order valence-electron chi connectivity index (χ1n) is 6.90. The summed E-state index contributed by atoms with van der Waals surface area (Å²) < 4.78 is 32.6. The number of hydrogen-bond donors (Lipinski definition) is 2. The van der Waals surface area contributed by atoms with E-state index in [1.807, 2.05) is 13.0 Å². The normalized spacial score (nSPS) is 11.4. The maximum atomic E-state index is 12.3. The lowest BCUT2D eigenvalue weighted by atomic mass is 10.2. The molecule has 0 aliphatic rings. The average molecular weight is 401 g/mol. The molecule has 2 rings (SSSR count). The number of carbonyl (C=O) groups excluding carboxylic acids is 1. The summed E-state index contributed by atoms with van der Waals surface area (Å²) in [4.78, 5) is 12.0. The summed E-state index contributed by atoms with van der Waals surface area (Å²) in [7, 11) is -3.60. The highest BCUT2D eigenvalue weighted by Crippen LogP contribution is 2.16. The molecule has 0 saturated carbocycles. The van der Waals surface area contributed by atoms with Crippen LogP contribution in [-0.4, -0.2) is 27.4 Å². The monoisotopic (exact) mass is 400 g/mol. The molecule has 1 heterocycles. The van der Waals surface area contributed by atoms with Crippen LogP contribution in [0.15, 0.2) is 44.3 Å². The summed E-state index contributed by atoms with van der Waals surface area (Å²) in [5.41, 5.74) is 1.54. The van der Waals surface area contributed by atoms with E-state index in [1.165, 1.54) is 6.07 Å². The van der Waals surface area contributed by atoms with Crippen LogP contribution in [0.4, 0.5) is 0 Å². The molecule has 0 radical (unpaired) electrons. The van der Waals surface area contributed by atoms with E-state index in [0.717, 1.165) is 5.56 Å². The molecule has 6 nitrogen and oxygen atoms in total. The predicted octanol–water partition coefficient (Wildman–Crippen LogP) is 2.37. The van der Waals surface area contributed by atoms with Crippen molar-refractivity contribution in [3.63, 3.8) is 0 Å². The molecule has 1 aromatic heterocycles. The number of benzene rings is 1. The fourth-order valence-electron chi connectivity index (χ4n) is 1.96. The molecule has 0 bridgehead atoms. The summed E-state index contributed by atoms with van der Waals surface area (Å²) in [6, 6.07) is 8.38. The van der Waals surface area contributed by atoms with Crippen LogP contribution in [0.2, 0.25) is 0 Å². The standard InChI is InChI=1S/C15H17BrN2O4S/c1-10-3-4-11(2)13(9-10)23(20,21)18-8-7-17-15(19)12-5-6-14(16)22-12/h3-6,9,18H,7-8H2,1-2H3,(H,17,19). The molecule has 23 heavy (non-hydrogen) atoms. The molecular weight excluding hydrogens is 384 g/mol. The van der Waals surface area contributed by atoms with Crippen molar-refractivity contribution < 1.29 is 17.6 Å². The number of nitrogens with one attached hydrogen (secondary N) is 2. The highest BCUT2D eigenvalue weighted by molar-refractivity contribution is 9.10. The van der Waals surface area contributed by atoms with Crippen molar-refractivity contribution in [3.05, 3.63) is 51.9 Å². The first-order chi connectivity index (χ1) is 10.8. The topological polar surface area (TPSA) is 88.4 Å². The molecule has 0 fully saturated rings. The number of furan rings is 1. The number of sulfonamides is 1. The summed E-state index contributed by atoms with van der Waals surface area (Å²) in [6.45, 7) is 3.81. The van der Waals surface area contributed by atoms with Crippen molar-refractivity contribution in [3.8, 4) is 0 Å². The zero-order chi connectivity index (χ0) is 17.0. The second kappa shape index (κ2) is 7.29. The van der Waals surface area contributed by atoms with E-state index in [-0.39, 0.29) is 23.7 Å². The molecule has 0 spiro atoms. The molecular formula is C15H17BrN2O4S. The highest BCUT2D eigenvalue weighted by atomic mass is 79.9. The van der Waals surface area contributed by atoms with Crippen LogP contribution in [0, 0.1) is 13.8 Å². The Morgan fingerprint density at radius 3 is 2.57 bits per heavy atom. The van der Waals surface area contributed by atoms with Crippen LogP contribution < -0.4 is 10.0 Å². The minimum atomic E-state index is -3.60. The summed E-state index contributed by atoms with van der Waals surface area (Å²) in [5, 5.41) is 2.58. The molecule has 2 aromatic rings. The van der Waals surface area contributed by atoms with E-state index in [1.54, 1.807) is 25.1 Å². The summed E-state index contributed by atoms with van der Waals surface area (Å²) in [5.74, 6) is -0.240. The third kappa shape index (κ3) is 4.66. The Bertz CT molecular complexity index is 815. The van der Waals surface area contributed by atoms with Crippen LogP contribution in [-0.2, 0) is 10.0 Å². The van der Waals surface area contributed by atoms with E-state index in [9.17, 15) is 13.2 Å². The molecule has 0 saturated heterocycles. The van der Waals surface area contributed by atoms with Crippen molar-refractivity contribution in [1.29, 1.82) is 0 Å². The zero-order valence-corrected chi connectivity index (χ0v) is 15.1. The van der Waals surface area contributed by atoms with Gasteiger partial charge in [0.25, 0.3) is 5.91 Å². The number of amides is 1. The largest absolute Gasteiger partial charge is 0.444 e. The number of rotatable bonds is 6. The van der Waals surface area contributed by atoms with Crippen molar-refractivity contribution >= 4 is 31.9 Å². The lowest BCUT2D eigenvalue weighted by Gasteiger charge is -2.10. The van der Waals surface area contributed by atoms with Crippen LogP contribution in [0.5, 0.6) is 0 Å². The van der Waals surface area contributed by atoms with Crippen molar-refractivity contribution in [2.45, 2.75) is 18.7 Å². The lowest BCUT2D eigenvalue weighted by Crippen LogP contribution is -2.34. The first kappa shape index (κ1) is 17.7. The third-order valence-corrected chi connectivity index (χ3v) is 5.16. The highest BCUT2D eigenvalue weighted by Gasteiger charge is 2.16. The van der Waals surface area contributed by atoms with Gasteiger partial charge in [-0.1, -0.05) is 12.1 Å². The SMILES string of the molecule is Cc1ccc(C)c(S(=O)(=O)NCCNC(=O)c2ccc(Br)o2)c1. The minimum Gasteiger partial charge on any atom is -0.444 e. The third-order valence-electron chi connectivity index (χ3n) is 3.13. The zero-order valence-electron chi connectivity index (χ0n) is 12.7. The van der Waals surface area contributed by atoms with E-state index < -0.39 is 15.9 Å². The van der Waals surface area contributed by atoms with Gasteiger partial charge in [-0.3, -0.25) is 4.79 Å². The smallest absolute Gasteiger partial charge is 0.287 e. The second-order valence-corrected chi connectivity index (χ2v) is 7.54. The minimum absolute atomic E-state index is 0.0866. The van der Waals surface area contributed by atoms with Crippen LogP contribution in [0.3, 0.4) is 0 Å². The van der Waals surface area contributed by atoms with Gasteiger partial charge in [-0.15, -0.1) is 0 Å². The Hall–Kier alpha value is -1.64.